The van der Waals surface area contributed by atoms with E-state index in [9.17, 15) is 14.7 Å². The van der Waals surface area contributed by atoms with E-state index in [4.69, 9.17) is 5.26 Å². The first-order valence-corrected chi connectivity index (χ1v) is 11.9. The largest absolute Gasteiger partial charge is 0.394 e. The highest BCUT2D eigenvalue weighted by atomic mass is 16.3. The second-order valence-electron chi connectivity index (χ2n) is 7.87. The highest BCUT2D eigenvalue weighted by Crippen LogP contribution is 2.14. The van der Waals surface area contributed by atoms with Crippen LogP contribution < -0.4 is 27.0 Å². The summed E-state index contributed by atoms with van der Waals surface area (Å²) in [5.74, 6) is -0.559. The van der Waals surface area contributed by atoms with Gasteiger partial charge in [0.15, 0.2) is 6.29 Å². The Morgan fingerprint density at radius 2 is 1.95 bits per heavy atom. The number of nitrogens with one attached hydrogen (secondary N) is 3. The summed E-state index contributed by atoms with van der Waals surface area (Å²) in [7, 11) is 3.75. The third kappa shape index (κ3) is 10.5. The van der Waals surface area contributed by atoms with Crippen molar-refractivity contribution in [2.75, 3.05) is 27.2 Å². The molecule has 11 heteroatoms. The number of hydrazine groups is 1. The average Bonchev–Trinajstić information content (AvgIpc) is 2.95. The standard InChI is InChI=1S/C26H23N7O3.C2H7N/c1-18-6-7-21(31-26(36)24-13-19(15-27)16-30-33-24)4-2-3-5-23(32-25(12-18)29-10-11-34)20-8-9-28-22(14-20)17-35;1-3-2/h2-9,12-14,16-17,30,33-34H,10-11H2,1H3;3H,1-2H3. The Morgan fingerprint density at radius 1 is 1.18 bits per heavy atom. The molecule has 0 aliphatic carbocycles. The Kier molecular flexibility index (Phi) is 12.9. The number of carbonyl (C=O) groups excluding carboxylic acids is 2. The molecule has 1 aliphatic rings. The fraction of sp³-hybridized carbons (Fsp3) is 0.179. The molecular weight excluding hydrogens is 496 g/mol. The molecule has 4 N–H and O–H groups in total. The van der Waals surface area contributed by atoms with Crippen molar-refractivity contribution in [2.24, 2.45) is 9.98 Å². The number of aliphatic hydroxyl groups excluding tert-OH is 1. The summed E-state index contributed by atoms with van der Waals surface area (Å²) >= 11 is 0. The van der Waals surface area contributed by atoms with E-state index in [0.29, 0.717) is 34.0 Å². The van der Waals surface area contributed by atoms with Crippen LogP contribution in [0.25, 0.3) is 11.3 Å². The molecule has 11 nitrogen and oxygen atoms in total. The predicted octanol–water partition coefficient (Wildman–Crippen LogP) is 0.944. The maximum Gasteiger partial charge on any atom is 0.295 e. The predicted molar refractivity (Wildman–Crippen MR) is 146 cm³/mol. The van der Waals surface area contributed by atoms with Gasteiger partial charge in [-0.2, -0.15) is 5.26 Å². The van der Waals surface area contributed by atoms with Gasteiger partial charge >= 0.3 is 0 Å². The van der Waals surface area contributed by atoms with Gasteiger partial charge in [0.1, 0.15) is 22.9 Å². The Hall–Kier alpha value is -5.05. The van der Waals surface area contributed by atoms with Crippen LogP contribution in [-0.2, 0) is 4.79 Å². The molecule has 3 rings (SSSR count). The van der Waals surface area contributed by atoms with Gasteiger partial charge in [0.2, 0.25) is 0 Å². The third-order valence-corrected chi connectivity index (χ3v) is 4.64. The summed E-state index contributed by atoms with van der Waals surface area (Å²) in [5.41, 5.74) is 8.32. The number of aryl methyl sites for hydroxylation is 1. The number of allylic oxidation sites excluding steroid dienone is 2. The lowest BCUT2D eigenvalue weighted by molar-refractivity contribution is -0.115. The Labute approximate surface area is 226 Å². The number of rotatable bonds is 5. The second-order valence-corrected chi connectivity index (χ2v) is 7.87. The zero-order chi connectivity index (χ0) is 28.5. The number of nitrogens with zero attached hydrogens (tertiary/aromatic N) is 5. The van der Waals surface area contributed by atoms with Crippen LogP contribution in [0.4, 0.5) is 0 Å². The van der Waals surface area contributed by atoms with Gasteiger partial charge in [0, 0.05) is 18.0 Å². The maximum atomic E-state index is 12.7. The highest BCUT2D eigenvalue weighted by molar-refractivity contribution is 5.94. The minimum Gasteiger partial charge on any atom is -0.394 e. The van der Waals surface area contributed by atoms with Crippen LogP contribution in [0.2, 0.25) is 0 Å². The van der Waals surface area contributed by atoms with E-state index in [1.165, 1.54) is 18.5 Å². The van der Waals surface area contributed by atoms with Gasteiger partial charge in [-0.3, -0.25) is 25.0 Å². The first-order valence-electron chi connectivity index (χ1n) is 11.9. The molecule has 0 spiro atoms. The van der Waals surface area contributed by atoms with E-state index < -0.39 is 5.91 Å². The smallest absolute Gasteiger partial charge is 0.295 e. The SMILES string of the molecule is CNC.Cc1ccc(=NC(=O)C2=CC(C#N)=CNN2)ccccc(-c2ccnc(C=O)c2)nc(=NCCO)c1. The molecule has 39 heavy (non-hydrogen) atoms. The van der Waals surface area contributed by atoms with Gasteiger partial charge in [0.25, 0.3) is 5.91 Å². The van der Waals surface area contributed by atoms with Crippen molar-refractivity contribution < 1.29 is 14.7 Å². The quantitative estimate of drug-likeness (QED) is 0.415. The van der Waals surface area contributed by atoms with Crippen molar-refractivity contribution in [3.05, 3.63) is 106 Å². The Morgan fingerprint density at radius 3 is 2.67 bits per heavy atom. The van der Waals surface area contributed by atoms with Crippen molar-refractivity contribution in [2.45, 2.75) is 6.92 Å². The van der Waals surface area contributed by atoms with Gasteiger partial charge in [-0.25, -0.2) is 9.98 Å². The van der Waals surface area contributed by atoms with Crippen LogP contribution in [0, 0.1) is 18.3 Å². The van der Waals surface area contributed by atoms with E-state index in [2.05, 4.69) is 36.1 Å². The zero-order valence-corrected chi connectivity index (χ0v) is 21.9. The van der Waals surface area contributed by atoms with Crippen molar-refractivity contribution >= 4 is 12.2 Å². The lowest BCUT2D eigenvalue weighted by Gasteiger charge is -2.11. The van der Waals surface area contributed by atoms with E-state index >= 15 is 0 Å². The Bertz CT molecular complexity index is 1490. The molecule has 1 amide bonds. The molecule has 0 saturated carbocycles. The monoisotopic (exact) mass is 526 g/mol. The van der Waals surface area contributed by atoms with E-state index in [1.54, 1.807) is 54.6 Å². The lowest BCUT2D eigenvalue weighted by Crippen LogP contribution is -2.33. The summed E-state index contributed by atoms with van der Waals surface area (Å²) in [5, 5.41) is 21.4. The summed E-state index contributed by atoms with van der Waals surface area (Å²) in [6.45, 7) is 1.86. The molecule has 0 radical (unpaired) electrons. The first kappa shape index (κ1) is 30.2. The van der Waals surface area contributed by atoms with Gasteiger partial charge in [0.05, 0.1) is 29.8 Å². The molecule has 0 fully saturated rings. The van der Waals surface area contributed by atoms with E-state index in [0.717, 1.165) is 5.56 Å². The molecule has 200 valence electrons. The summed E-state index contributed by atoms with van der Waals surface area (Å²) < 4.78 is 0. The molecule has 0 bridgehead atoms. The average molecular weight is 527 g/mol. The molecular formula is C28H30N8O3. The fourth-order valence-corrected chi connectivity index (χ4v) is 2.95. The summed E-state index contributed by atoms with van der Waals surface area (Å²) in [6, 6.07) is 17.2. The lowest BCUT2D eigenvalue weighted by atomic mass is 10.1. The molecule has 1 aliphatic heterocycles. The molecule has 0 unspecified atom stereocenters. The minimum atomic E-state index is -0.559. The molecule has 3 heterocycles. The molecule has 0 saturated heterocycles. The number of aldehydes is 1. The highest BCUT2D eigenvalue weighted by Gasteiger charge is 2.11. The number of pyridine rings is 1. The normalized spacial score (nSPS) is 12.6. The Balaban J connectivity index is 0.00000170. The number of hydrogen-bond acceptors (Lipinski definition) is 10. The number of nitriles is 1. The molecule has 2 aromatic rings. The maximum absolute atomic E-state index is 12.7. The van der Waals surface area contributed by atoms with Crippen molar-refractivity contribution in [3.8, 4) is 17.3 Å². The molecule has 0 aromatic carbocycles. The number of hydrogen-bond donors (Lipinski definition) is 4. The van der Waals surface area contributed by atoms with E-state index in [1.807, 2.05) is 27.1 Å². The minimum absolute atomic E-state index is 0.133. The fourth-order valence-electron chi connectivity index (χ4n) is 2.95. The molecule has 2 aromatic heterocycles. The number of aromatic nitrogens is 2. The van der Waals surface area contributed by atoms with Crippen LogP contribution in [0.3, 0.4) is 0 Å². The van der Waals surface area contributed by atoms with Crippen LogP contribution in [0.15, 0.2) is 94.3 Å². The second kappa shape index (κ2) is 16.6. The van der Waals surface area contributed by atoms with Gasteiger partial charge in [-0.1, -0.05) is 18.2 Å². The van der Waals surface area contributed by atoms with Crippen LogP contribution in [0.1, 0.15) is 16.1 Å². The van der Waals surface area contributed by atoms with Crippen LogP contribution in [0.5, 0.6) is 0 Å². The van der Waals surface area contributed by atoms with Crippen molar-refractivity contribution in [1.29, 1.82) is 5.26 Å². The summed E-state index contributed by atoms with van der Waals surface area (Å²) in [6.07, 6.45) is 5.02. The third-order valence-electron chi connectivity index (χ3n) is 4.64. The van der Waals surface area contributed by atoms with Crippen molar-refractivity contribution in [3.63, 3.8) is 0 Å². The zero-order valence-electron chi connectivity index (χ0n) is 21.9. The number of carbonyl (C=O) groups is 2. The van der Waals surface area contributed by atoms with E-state index in [-0.39, 0.29) is 24.5 Å². The number of aliphatic hydroxyl groups is 1. The number of amides is 1. The summed E-state index contributed by atoms with van der Waals surface area (Å²) in [4.78, 5) is 41.0. The molecule has 0 atom stereocenters. The van der Waals surface area contributed by atoms with Crippen LogP contribution >= 0.6 is 0 Å². The topological polar surface area (TPSA) is 165 Å². The van der Waals surface area contributed by atoms with Gasteiger partial charge < -0.3 is 15.8 Å². The first-order chi connectivity index (χ1) is 18.9. The van der Waals surface area contributed by atoms with Gasteiger partial charge in [-0.05, 0) is 69.1 Å². The van der Waals surface area contributed by atoms with Crippen molar-refractivity contribution in [1.82, 2.24) is 26.1 Å². The van der Waals surface area contributed by atoms with Gasteiger partial charge in [-0.15, -0.1) is 0 Å². The van der Waals surface area contributed by atoms with Crippen LogP contribution in [-0.4, -0.2) is 54.5 Å².